The quantitative estimate of drug-likeness (QED) is 0.134. The summed E-state index contributed by atoms with van der Waals surface area (Å²) in [6.45, 7) is 21.8. The Hall–Kier alpha value is -1.52. The van der Waals surface area contributed by atoms with Crippen LogP contribution >= 0.6 is 0 Å². The second kappa shape index (κ2) is 20.8. The fraction of sp³-hybridized carbons (Fsp3) is 0.917. The number of ether oxygens (including phenoxy) is 7. The van der Waals surface area contributed by atoms with E-state index >= 15 is 0 Å². The van der Waals surface area contributed by atoms with Gasteiger partial charge in [-0.15, -0.1) is 0 Å². The topological polar surface area (TPSA) is 163 Å². The molecule has 0 aromatic heterocycles. The average Bonchev–Trinajstić information content (AvgIpc) is 3.59. The van der Waals surface area contributed by atoms with Crippen LogP contribution in [-0.2, 0) is 42.7 Å². The Morgan fingerprint density at radius 2 is 1.52 bits per heavy atom. The van der Waals surface area contributed by atoms with Crippen LogP contribution in [0, 0.1) is 41.4 Å². The van der Waals surface area contributed by atoms with E-state index in [4.69, 9.17) is 33.2 Å². The first kappa shape index (κ1) is 50.5. The Kier molecular flexibility index (Phi) is 17.2. The zero-order valence-electron chi connectivity index (χ0n) is 39.6. The number of ketones is 1. The van der Waals surface area contributed by atoms with Crippen molar-refractivity contribution in [3.8, 4) is 0 Å². The monoisotopic (exact) mass is 866 g/mol. The number of hydrogen-bond donors (Lipinski definition) is 3. The lowest BCUT2D eigenvalue weighted by Gasteiger charge is -2.54. The number of hydrogen-bond acceptors (Lipinski definition) is 12. The smallest absolute Gasteiger partial charge is 0.228 e. The number of nitrogens with zero attached hydrogens (tertiary/aromatic N) is 1. The van der Waals surface area contributed by atoms with Gasteiger partial charge in [-0.25, -0.2) is 0 Å². The number of aliphatic hydroxyl groups excluding tert-OH is 2. The van der Waals surface area contributed by atoms with E-state index in [1.54, 1.807) is 25.2 Å². The van der Waals surface area contributed by atoms with Crippen LogP contribution in [0.2, 0.25) is 0 Å². The molecule has 13 nitrogen and oxygen atoms in total. The van der Waals surface area contributed by atoms with Gasteiger partial charge in [0.05, 0.1) is 67.0 Å². The van der Waals surface area contributed by atoms with Crippen molar-refractivity contribution in [2.75, 3.05) is 40.5 Å². The molecule has 4 fully saturated rings. The van der Waals surface area contributed by atoms with E-state index in [1.165, 1.54) is 0 Å². The maximum atomic E-state index is 14.7. The molecule has 4 saturated heterocycles. The molecule has 0 aromatic rings. The zero-order valence-corrected chi connectivity index (χ0v) is 39.6. The third-order valence-electron chi connectivity index (χ3n) is 15.9. The lowest BCUT2D eigenvalue weighted by atomic mass is 9.72. The molecule has 2 spiro atoms. The van der Waals surface area contributed by atoms with Gasteiger partial charge >= 0.3 is 0 Å². The third-order valence-corrected chi connectivity index (χ3v) is 15.9. The molecule has 1 amide bonds. The second-order valence-electron chi connectivity index (χ2n) is 19.9. The number of Topliss-reactive ketones (excluding diaryl/α,β-unsaturated/α-hetero) is 1. The second-order valence-corrected chi connectivity index (χ2v) is 19.9. The van der Waals surface area contributed by atoms with Crippen molar-refractivity contribution in [3.05, 3.63) is 12.2 Å². The summed E-state index contributed by atoms with van der Waals surface area (Å²) in [7, 11) is 3.25. The lowest BCUT2D eigenvalue weighted by molar-refractivity contribution is -0.409. The van der Waals surface area contributed by atoms with Crippen molar-refractivity contribution in [1.29, 1.82) is 0 Å². The van der Waals surface area contributed by atoms with Crippen molar-refractivity contribution >= 4 is 11.7 Å². The van der Waals surface area contributed by atoms with Crippen molar-refractivity contribution in [3.63, 3.8) is 0 Å². The van der Waals surface area contributed by atoms with Crippen LogP contribution in [0.5, 0.6) is 0 Å². The molecule has 0 aromatic carbocycles. The predicted molar refractivity (Wildman–Crippen MR) is 231 cm³/mol. The van der Waals surface area contributed by atoms with Crippen molar-refractivity contribution in [2.45, 2.75) is 199 Å². The van der Waals surface area contributed by atoms with E-state index in [0.717, 1.165) is 19.3 Å². The highest BCUT2D eigenvalue weighted by Gasteiger charge is 2.63. The van der Waals surface area contributed by atoms with Gasteiger partial charge < -0.3 is 53.4 Å². The van der Waals surface area contributed by atoms with Gasteiger partial charge in [0.15, 0.2) is 5.79 Å². The van der Waals surface area contributed by atoms with Gasteiger partial charge in [0.2, 0.25) is 11.7 Å². The van der Waals surface area contributed by atoms with Crippen molar-refractivity contribution in [2.24, 2.45) is 41.4 Å². The Balaban J connectivity index is 1.29. The number of rotatable bonds is 18. The maximum Gasteiger partial charge on any atom is 0.228 e. The van der Waals surface area contributed by atoms with Gasteiger partial charge in [0, 0.05) is 57.4 Å². The first-order valence-corrected chi connectivity index (χ1v) is 23.8. The van der Waals surface area contributed by atoms with Crippen molar-refractivity contribution in [1.82, 2.24) is 4.90 Å². The van der Waals surface area contributed by atoms with E-state index in [0.29, 0.717) is 71.2 Å². The van der Waals surface area contributed by atoms with Crippen LogP contribution in [0.15, 0.2) is 12.2 Å². The molecular formula is C48H83NO12. The highest BCUT2D eigenvalue weighted by atomic mass is 16.8. The Morgan fingerprint density at radius 1 is 0.869 bits per heavy atom. The highest BCUT2D eigenvalue weighted by molar-refractivity contribution is 5.84. The van der Waals surface area contributed by atoms with Crippen LogP contribution in [0.3, 0.4) is 0 Å². The molecule has 61 heavy (non-hydrogen) atoms. The van der Waals surface area contributed by atoms with E-state index < -0.39 is 52.9 Å². The molecule has 5 heterocycles. The SMILES string of the molecule is CC[C@@H](C(=O)[C@@H](C)[C@@H](O)[C@H](C)[C@@H]1O[C@@H]([C@@H](CC)C(=O)N(CCOC)CCOC)CC[C@@H]1C)[C@H]1O[C@]2(C=C[C@@H](O)[C@]3(CC[C@@](C)([C@H]4CC[C@](O)(CC)[C@H](C)O4)O3)O2)[C@H](C)C[C@@H]1C. The molecule has 5 rings (SSSR count). The van der Waals surface area contributed by atoms with Gasteiger partial charge in [-0.1, -0.05) is 55.4 Å². The van der Waals surface area contributed by atoms with Crippen LogP contribution in [0.4, 0.5) is 0 Å². The highest BCUT2D eigenvalue weighted by Crippen LogP contribution is 2.54. The first-order chi connectivity index (χ1) is 28.8. The Bertz CT molecular complexity index is 1470. The molecule has 5 aliphatic rings. The number of amides is 1. The van der Waals surface area contributed by atoms with E-state index in [1.807, 2.05) is 54.5 Å². The number of methoxy groups -OCH3 is 2. The Morgan fingerprint density at radius 3 is 2.11 bits per heavy atom. The first-order valence-electron chi connectivity index (χ1n) is 23.8. The number of carbonyl (C=O) groups excluding carboxylic acids is 2. The number of carbonyl (C=O) groups is 2. The minimum absolute atomic E-state index is 0.0126. The zero-order chi connectivity index (χ0) is 45.1. The molecule has 0 aliphatic carbocycles. The average molecular weight is 866 g/mol. The van der Waals surface area contributed by atoms with Crippen LogP contribution in [0.25, 0.3) is 0 Å². The fourth-order valence-electron chi connectivity index (χ4n) is 11.5. The fourth-order valence-corrected chi connectivity index (χ4v) is 11.5. The van der Waals surface area contributed by atoms with E-state index in [9.17, 15) is 24.9 Å². The molecule has 352 valence electrons. The Labute approximate surface area is 366 Å². The normalized spacial score (nSPS) is 41.7. The summed E-state index contributed by atoms with van der Waals surface area (Å²) in [6.07, 6.45) is 5.99. The summed E-state index contributed by atoms with van der Waals surface area (Å²) in [5.41, 5.74) is -1.64. The van der Waals surface area contributed by atoms with Gasteiger partial charge in [-0.05, 0) is 95.6 Å². The third kappa shape index (κ3) is 10.3. The summed E-state index contributed by atoms with van der Waals surface area (Å²) >= 11 is 0. The van der Waals surface area contributed by atoms with Gasteiger partial charge in [-0.3, -0.25) is 9.59 Å². The van der Waals surface area contributed by atoms with Gasteiger partial charge in [0.25, 0.3) is 0 Å². The number of aliphatic hydroxyl groups is 3. The molecule has 0 radical (unpaired) electrons. The van der Waals surface area contributed by atoms with Crippen LogP contribution in [0.1, 0.15) is 133 Å². The predicted octanol–water partition coefficient (Wildman–Crippen LogP) is 6.22. The summed E-state index contributed by atoms with van der Waals surface area (Å²) in [5, 5.41) is 34.6. The molecule has 0 saturated carbocycles. The van der Waals surface area contributed by atoms with Gasteiger partial charge in [-0.2, -0.15) is 0 Å². The molecule has 3 N–H and O–H groups in total. The van der Waals surface area contributed by atoms with Crippen molar-refractivity contribution < 1.29 is 58.1 Å². The molecule has 0 unspecified atom stereocenters. The molecular weight excluding hydrogens is 783 g/mol. The molecule has 13 heteroatoms. The summed E-state index contributed by atoms with van der Waals surface area (Å²) in [4.78, 5) is 30.4. The maximum absolute atomic E-state index is 14.7. The molecule has 0 bridgehead atoms. The standard InChI is InChI=1S/C48H83NO12/c1-13-35(44(53)49(24-26-55-11)25-27-56-12)37-17-16-29(4)42(58-37)33(8)40(51)32(7)41(52)36(14-2)43-30(5)28-31(6)47(59-43)21-18-38(50)48(61-47)23-22-45(10,60-48)39-19-20-46(54,15-3)34(9)57-39/h18,21,29-40,42-43,50-51,54H,13-17,19-20,22-28H2,1-12H3/t29-,30-,31+,32-,33-,34-,35+,36-,37+,38+,39+,40+,42+,43-,45-,46+,47-,48-/m0/s1. The summed E-state index contributed by atoms with van der Waals surface area (Å²) in [5.74, 6) is -4.58. The van der Waals surface area contributed by atoms with Gasteiger partial charge in [0.1, 0.15) is 11.9 Å². The van der Waals surface area contributed by atoms with Crippen LogP contribution in [-0.4, -0.2) is 138 Å². The summed E-state index contributed by atoms with van der Waals surface area (Å²) < 4.78 is 44.7. The minimum Gasteiger partial charge on any atom is -0.392 e. The summed E-state index contributed by atoms with van der Waals surface area (Å²) in [6, 6.07) is 0. The largest absolute Gasteiger partial charge is 0.392 e. The van der Waals surface area contributed by atoms with E-state index in [2.05, 4.69) is 20.8 Å². The minimum atomic E-state index is -1.37. The van der Waals surface area contributed by atoms with Crippen LogP contribution < -0.4 is 0 Å². The molecule has 5 aliphatic heterocycles. The molecule has 18 atom stereocenters. The lowest BCUT2D eigenvalue weighted by Crippen LogP contribution is -2.63. The van der Waals surface area contributed by atoms with E-state index in [-0.39, 0.29) is 65.7 Å².